The first-order chi connectivity index (χ1) is 9.11. The zero-order chi connectivity index (χ0) is 13.7. The number of nitrogens with zero attached hydrogens (tertiary/aromatic N) is 1. The van der Waals surface area contributed by atoms with Crippen molar-refractivity contribution in [3.63, 3.8) is 0 Å². The molecule has 1 amide bonds. The van der Waals surface area contributed by atoms with Gasteiger partial charge in [-0.25, -0.2) is 0 Å². The Balaban J connectivity index is 1.85. The molecule has 1 fully saturated rings. The van der Waals surface area contributed by atoms with Crippen molar-refractivity contribution in [1.82, 2.24) is 10.6 Å². The van der Waals surface area contributed by atoms with Crippen LogP contribution < -0.4 is 16.0 Å². The largest absolute Gasteiger partial charge is 0.325 e. The molecule has 19 heavy (non-hydrogen) atoms. The number of hydrogen-bond donors (Lipinski definition) is 3. The molecule has 1 aromatic rings. The van der Waals surface area contributed by atoms with E-state index in [1.54, 1.807) is 24.3 Å². The van der Waals surface area contributed by atoms with Gasteiger partial charge in [-0.05, 0) is 38.1 Å². The third-order valence-corrected chi connectivity index (χ3v) is 3.32. The fraction of sp³-hybridized carbons (Fsp3) is 0.429. The van der Waals surface area contributed by atoms with Crippen LogP contribution in [0.5, 0.6) is 0 Å². The van der Waals surface area contributed by atoms with Gasteiger partial charge in [0.25, 0.3) is 0 Å². The summed E-state index contributed by atoms with van der Waals surface area (Å²) >= 11 is 0. The van der Waals surface area contributed by atoms with Crippen LogP contribution in [0.4, 0.5) is 5.69 Å². The number of amides is 1. The zero-order valence-corrected chi connectivity index (χ0v) is 11.0. The lowest BCUT2D eigenvalue weighted by molar-refractivity contribution is -0.115. The van der Waals surface area contributed by atoms with E-state index in [-0.39, 0.29) is 18.0 Å². The first kappa shape index (κ1) is 13.5. The van der Waals surface area contributed by atoms with Crippen molar-refractivity contribution in [2.45, 2.75) is 18.9 Å². The minimum atomic E-state index is -0.0942. The molecule has 2 rings (SSSR count). The summed E-state index contributed by atoms with van der Waals surface area (Å²) in [4.78, 5) is 11.8. The highest BCUT2D eigenvalue weighted by molar-refractivity contribution is 5.92. The van der Waals surface area contributed by atoms with Crippen LogP contribution in [0.1, 0.15) is 18.9 Å². The number of hydrogen-bond acceptors (Lipinski definition) is 4. The van der Waals surface area contributed by atoms with E-state index in [1.165, 1.54) is 0 Å². The first-order valence-corrected chi connectivity index (χ1v) is 6.37. The number of rotatable bonds is 4. The van der Waals surface area contributed by atoms with Crippen molar-refractivity contribution in [2.75, 3.05) is 25.0 Å². The third-order valence-electron chi connectivity index (χ3n) is 3.32. The second-order valence-corrected chi connectivity index (χ2v) is 5.08. The van der Waals surface area contributed by atoms with Gasteiger partial charge in [0.1, 0.15) is 0 Å². The first-order valence-electron chi connectivity index (χ1n) is 6.37. The average Bonchev–Trinajstić information content (AvgIpc) is 2.84. The molecule has 1 saturated heterocycles. The molecule has 0 spiro atoms. The summed E-state index contributed by atoms with van der Waals surface area (Å²) in [7, 11) is 0. The monoisotopic (exact) mass is 258 g/mol. The smallest absolute Gasteiger partial charge is 0.238 e. The van der Waals surface area contributed by atoms with E-state index in [0.717, 1.165) is 19.5 Å². The van der Waals surface area contributed by atoms with Crippen molar-refractivity contribution < 1.29 is 4.79 Å². The van der Waals surface area contributed by atoms with E-state index in [4.69, 9.17) is 5.26 Å². The molecule has 1 atom stereocenters. The highest BCUT2D eigenvalue weighted by atomic mass is 16.1. The minimum absolute atomic E-state index is 0.00809. The lowest BCUT2D eigenvalue weighted by atomic mass is 10.0. The maximum Gasteiger partial charge on any atom is 0.238 e. The van der Waals surface area contributed by atoms with Gasteiger partial charge in [-0.1, -0.05) is 6.07 Å². The van der Waals surface area contributed by atoms with Crippen LogP contribution in [0.3, 0.4) is 0 Å². The van der Waals surface area contributed by atoms with E-state index in [9.17, 15) is 4.79 Å². The average molecular weight is 258 g/mol. The topological polar surface area (TPSA) is 77.0 Å². The van der Waals surface area contributed by atoms with Gasteiger partial charge in [0.15, 0.2) is 0 Å². The summed E-state index contributed by atoms with van der Waals surface area (Å²) in [6, 6.07) is 8.95. The van der Waals surface area contributed by atoms with Crippen LogP contribution in [-0.2, 0) is 4.79 Å². The molecular weight excluding hydrogens is 240 g/mol. The molecule has 0 aromatic heterocycles. The number of carbonyl (C=O) groups excluding carboxylic acids is 1. The van der Waals surface area contributed by atoms with Gasteiger partial charge in [-0.3, -0.25) is 4.79 Å². The summed E-state index contributed by atoms with van der Waals surface area (Å²) in [5, 5.41) is 18.1. The van der Waals surface area contributed by atoms with Crippen LogP contribution in [0.2, 0.25) is 0 Å². The molecule has 1 heterocycles. The Bertz CT molecular complexity index is 500. The fourth-order valence-corrected chi connectivity index (χ4v) is 2.13. The predicted molar refractivity (Wildman–Crippen MR) is 73.7 cm³/mol. The molecule has 0 bridgehead atoms. The van der Waals surface area contributed by atoms with Crippen molar-refractivity contribution in [2.24, 2.45) is 0 Å². The summed E-state index contributed by atoms with van der Waals surface area (Å²) in [5.74, 6) is -0.0942. The van der Waals surface area contributed by atoms with Crippen molar-refractivity contribution >= 4 is 11.6 Å². The third kappa shape index (κ3) is 3.78. The molecule has 0 saturated carbocycles. The maximum atomic E-state index is 11.8. The fourth-order valence-electron chi connectivity index (χ4n) is 2.13. The lowest BCUT2D eigenvalue weighted by Gasteiger charge is -2.24. The van der Waals surface area contributed by atoms with Crippen LogP contribution >= 0.6 is 0 Å². The van der Waals surface area contributed by atoms with Crippen LogP contribution in [0.25, 0.3) is 0 Å². The van der Waals surface area contributed by atoms with Gasteiger partial charge in [0, 0.05) is 17.8 Å². The Kier molecular flexibility index (Phi) is 4.15. The van der Waals surface area contributed by atoms with E-state index in [1.807, 2.05) is 6.07 Å². The number of nitrogens with one attached hydrogen (secondary N) is 3. The second kappa shape index (κ2) is 5.83. The predicted octanol–water partition coefficient (Wildman–Crippen LogP) is 0.838. The molecule has 1 aliphatic rings. The van der Waals surface area contributed by atoms with Gasteiger partial charge in [-0.15, -0.1) is 0 Å². The van der Waals surface area contributed by atoms with E-state index in [0.29, 0.717) is 11.3 Å². The number of anilines is 1. The van der Waals surface area contributed by atoms with E-state index >= 15 is 0 Å². The molecule has 0 aliphatic carbocycles. The molecule has 3 N–H and O–H groups in total. The molecule has 5 heteroatoms. The second-order valence-electron chi connectivity index (χ2n) is 5.08. The Labute approximate surface area is 113 Å². The van der Waals surface area contributed by atoms with Crippen LogP contribution in [0, 0.1) is 11.3 Å². The molecular formula is C14H18N4O. The van der Waals surface area contributed by atoms with Crippen molar-refractivity contribution in [3.05, 3.63) is 29.8 Å². The Morgan fingerprint density at radius 2 is 2.42 bits per heavy atom. The number of benzene rings is 1. The van der Waals surface area contributed by atoms with Crippen molar-refractivity contribution in [3.8, 4) is 6.07 Å². The summed E-state index contributed by atoms with van der Waals surface area (Å²) < 4.78 is 0. The molecule has 5 nitrogen and oxygen atoms in total. The molecule has 1 unspecified atom stereocenters. The normalized spacial score (nSPS) is 21.9. The van der Waals surface area contributed by atoms with Gasteiger partial charge >= 0.3 is 0 Å². The highest BCUT2D eigenvalue weighted by Crippen LogP contribution is 2.13. The summed E-state index contributed by atoms with van der Waals surface area (Å²) in [5.41, 5.74) is 1.18. The van der Waals surface area contributed by atoms with Gasteiger partial charge in [-0.2, -0.15) is 5.26 Å². The van der Waals surface area contributed by atoms with Crippen LogP contribution in [0.15, 0.2) is 24.3 Å². The Morgan fingerprint density at radius 3 is 3.11 bits per heavy atom. The van der Waals surface area contributed by atoms with E-state index in [2.05, 4.69) is 22.9 Å². The van der Waals surface area contributed by atoms with Gasteiger partial charge in [0.05, 0.1) is 18.2 Å². The zero-order valence-electron chi connectivity index (χ0n) is 11.0. The summed E-state index contributed by atoms with van der Waals surface area (Å²) in [6.45, 7) is 4.24. The van der Waals surface area contributed by atoms with Crippen LogP contribution in [-0.4, -0.2) is 31.1 Å². The summed E-state index contributed by atoms with van der Waals surface area (Å²) in [6.07, 6.45) is 1.02. The maximum absolute atomic E-state index is 11.8. The highest BCUT2D eigenvalue weighted by Gasteiger charge is 2.28. The Hall–Kier alpha value is -1.90. The minimum Gasteiger partial charge on any atom is -0.325 e. The molecule has 100 valence electrons. The number of carbonyl (C=O) groups is 1. The lowest BCUT2D eigenvalue weighted by Crippen LogP contribution is -2.47. The molecule has 0 radical (unpaired) electrons. The SMILES string of the molecule is CC1(NCC(=O)Nc2cccc(C#N)c2)CCNC1. The number of nitriles is 1. The molecule has 1 aromatic carbocycles. The quantitative estimate of drug-likeness (QED) is 0.748. The van der Waals surface area contributed by atoms with Gasteiger partial charge in [0.2, 0.25) is 5.91 Å². The Morgan fingerprint density at radius 1 is 1.58 bits per heavy atom. The van der Waals surface area contributed by atoms with Gasteiger partial charge < -0.3 is 16.0 Å². The van der Waals surface area contributed by atoms with Crippen molar-refractivity contribution in [1.29, 1.82) is 5.26 Å². The standard InChI is InChI=1S/C14H18N4O/c1-14(5-6-16-10-14)17-9-13(19)18-12-4-2-3-11(7-12)8-15/h2-4,7,16-17H,5-6,9-10H2,1H3,(H,18,19). The van der Waals surface area contributed by atoms with E-state index < -0.39 is 0 Å². The molecule has 1 aliphatic heterocycles.